The fourth-order valence-corrected chi connectivity index (χ4v) is 2.43. The van der Waals surface area contributed by atoms with Crippen molar-refractivity contribution in [1.29, 1.82) is 0 Å². The molecule has 1 heterocycles. The van der Waals surface area contributed by atoms with Gasteiger partial charge in [-0.3, -0.25) is 4.98 Å². The molecule has 2 rings (SSSR count). The van der Waals surface area contributed by atoms with Crippen LogP contribution in [0.15, 0.2) is 52.7 Å². The average molecular weight is 289 g/mol. The smallest absolute Gasteiger partial charge is 0.264 e. The van der Waals surface area contributed by atoms with Crippen LogP contribution in [0, 0.1) is 13.8 Å². The van der Waals surface area contributed by atoms with Gasteiger partial charge >= 0.3 is 0 Å². The molecule has 0 atom stereocenters. The molecule has 0 bridgehead atoms. The van der Waals surface area contributed by atoms with E-state index >= 15 is 0 Å². The molecule has 0 aliphatic rings. The van der Waals surface area contributed by atoms with Gasteiger partial charge in [-0.2, -0.15) is 13.5 Å². The van der Waals surface area contributed by atoms with Gasteiger partial charge in [-0.15, -0.1) is 0 Å². The van der Waals surface area contributed by atoms with Gasteiger partial charge in [0, 0.05) is 18.0 Å². The number of rotatable bonds is 4. The van der Waals surface area contributed by atoms with Gasteiger partial charge in [-0.25, -0.2) is 4.83 Å². The molecule has 0 saturated heterocycles. The van der Waals surface area contributed by atoms with Gasteiger partial charge in [0.15, 0.2) is 0 Å². The van der Waals surface area contributed by atoms with Crippen molar-refractivity contribution in [3.63, 3.8) is 0 Å². The van der Waals surface area contributed by atoms with E-state index in [1.807, 2.05) is 13.8 Å². The lowest BCUT2D eigenvalue weighted by Gasteiger charge is -2.06. The van der Waals surface area contributed by atoms with E-state index in [0.717, 1.165) is 16.7 Å². The SMILES string of the molecule is Cc1ccc(S(=O)(=O)N/N=C/c2cccnc2)cc1C. The quantitative estimate of drug-likeness (QED) is 0.691. The van der Waals surface area contributed by atoms with Crippen molar-refractivity contribution in [3.05, 3.63) is 59.4 Å². The number of aryl methyl sites for hydroxylation is 2. The zero-order valence-corrected chi connectivity index (χ0v) is 12.1. The summed E-state index contributed by atoms with van der Waals surface area (Å²) in [5, 5.41) is 3.74. The zero-order valence-electron chi connectivity index (χ0n) is 11.2. The van der Waals surface area contributed by atoms with Crippen molar-refractivity contribution in [3.8, 4) is 0 Å². The summed E-state index contributed by atoms with van der Waals surface area (Å²) in [4.78, 5) is 6.29. The predicted octanol–water partition coefficient (Wildman–Crippen LogP) is 2.01. The van der Waals surface area contributed by atoms with E-state index in [0.29, 0.717) is 0 Å². The van der Waals surface area contributed by atoms with Crippen molar-refractivity contribution >= 4 is 16.2 Å². The van der Waals surface area contributed by atoms with Gasteiger partial charge < -0.3 is 0 Å². The number of pyridine rings is 1. The molecule has 0 spiro atoms. The first kappa shape index (κ1) is 14.2. The number of hydrogen-bond donors (Lipinski definition) is 1. The second-order valence-electron chi connectivity index (χ2n) is 4.39. The Kier molecular flexibility index (Phi) is 4.14. The van der Waals surface area contributed by atoms with Crippen LogP contribution in [-0.2, 0) is 10.0 Å². The van der Waals surface area contributed by atoms with E-state index in [1.165, 1.54) is 6.21 Å². The molecule has 0 aliphatic carbocycles. The lowest BCUT2D eigenvalue weighted by molar-refractivity contribution is 0.584. The highest BCUT2D eigenvalue weighted by Gasteiger charge is 2.13. The molecule has 20 heavy (non-hydrogen) atoms. The van der Waals surface area contributed by atoms with E-state index in [2.05, 4.69) is 14.9 Å². The van der Waals surface area contributed by atoms with Crippen LogP contribution in [0.2, 0.25) is 0 Å². The fraction of sp³-hybridized carbons (Fsp3) is 0.143. The summed E-state index contributed by atoms with van der Waals surface area (Å²) in [6.45, 7) is 3.80. The van der Waals surface area contributed by atoms with E-state index < -0.39 is 10.0 Å². The summed E-state index contributed by atoms with van der Waals surface area (Å²) in [6.07, 6.45) is 4.63. The van der Waals surface area contributed by atoms with Crippen molar-refractivity contribution in [2.45, 2.75) is 18.7 Å². The molecule has 6 heteroatoms. The number of aromatic nitrogens is 1. The van der Waals surface area contributed by atoms with Crippen LogP contribution in [0.5, 0.6) is 0 Å². The Balaban J connectivity index is 2.15. The lowest BCUT2D eigenvalue weighted by Crippen LogP contribution is -2.18. The summed E-state index contributed by atoms with van der Waals surface area (Å²) >= 11 is 0. The number of nitrogens with one attached hydrogen (secondary N) is 1. The Labute approximate surface area is 118 Å². The second-order valence-corrected chi connectivity index (χ2v) is 6.05. The largest absolute Gasteiger partial charge is 0.276 e. The van der Waals surface area contributed by atoms with Crippen LogP contribution in [0.1, 0.15) is 16.7 Å². The maximum atomic E-state index is 12.0. The van der Waals surface area contributed by atoms with E-state index in [-0.39, 0.29) is 4.90 Å². The van der Waals surface area contributed by atoms with Crippen molar-refractivity contribution < 1.29 is 8.42 Å². The molecule has 0 unspecified atom stereocenters. The Morgan fingerprint density at radius 2 is 2.00 bits per heavy atom. The molecule has 0 saturated carbocycles. The molecule has 2 aromatic rings. The average Bonchev–Trinajstić information content (AvgIpc) is 2.43. The Hall–Kier alpha value is -2.21. The van der Waals surface area contributed by atoms with Gasteiger partial charge in [-0.1, -0.05) is 12.1 Å². The first-order chi connectivity index (χ1) is 9.49. The molecular formula is C14H15N3O2S. The maximum Gasteiger partial charge on any atom is 0.276 e. The van der Waals surface area contributed by atoms with Crippen molar-refractivity contribution in [2.24, 2.45) is 5.10 Å². The third kappa shape index (κ3) is 3.42. The standard InChI is InChI=1S/C14H15N3O2S/c1-11-5-6-14(8-12(11)2)20(18,19)17-16-10-13-4-3-7-15-9-13/h3-10,17H,1-2H3/b16-10+. The van der Waals surface area contributed by atoms with E-state index in [4.69, 9.17) is 0 Å². The third-order valence-corrected chi connectivity index (χ3v) is 4.08. The van der Waals surface area contributed by atoms with Crippen LogP contribution in [0.3, 0.4) is 0 Å². The van der Waals surface area contributed by atoms with Gasteiger partial charge in [-0.05, 0) is 43.2 Å². The van der Waals surface area contributed by atoms with Crippen molar-refractivity contribution in [1.82, 2.24) is 9.82 Å². The second kappa shape index (κ2) is 5.83. The summed E-state index contributed by atoms with van der Waals surface area (Å²) in [5.41, 5.74) is 2.68. The molecule has 1 aromatic heterocycles. The Morgan fingerprint density at radius 3 is 2.65 bits per heavy atom. The number of nitrogens with zero attached hydrogens (tertiary/aromatic N) is 2. The van der Waals surface area contributed by atoms with Gasteiger partial charge in [0.1, 0.15) is 0 Å². The number of sulfonamides is 1. The molecular weight excluding hydrogens is 274 g/mol. The minimum atomic E-state index is -3.64. The minimum Gasteiger partial charge on any atom is -0.264 e. The van der Waals surface area contributed by atoms with Crippen LogP contribution in [0.4, 0.5) is 0 Å². The number of hydrazone groups is 1. The number of hydrogen-bond acceptors (Lipinski definition) is 4. The van der Waals surface area contributed by atoms with E-state index in [9.17, 15) is 8.42 Å². The van der Waals surface area contributed by atoms with Crippen LogP contribution < -0.4 is 4.83 Å². The zero-order chi connectivity index (χ0) is 14.6. The molecule has 104 valence electrons. The lowest BCUT2D eigenvalue weighted by atomic mass is 10.1. The summed E-state index contributed by atoms with van der Waals surface area (Å²) in [7, 11) is -3.64. The highest BCUT2D eigenvalue weighted by atomic mass is 32.2. The first-order valence-corrected chi connectivity index (χ1v) is 7.49. The van der Waals surface area contributed by atoms with Crippen LogP contribution >= 0.6 is 0 Å². The fourth-order valence-electron chi connectivity index (χ4n) is 1.56. The minimum absolute atomic E-state index is 0.198. The molecule has 0 amide bonds. The molecule has 1 N–H and O–H groups in total. The normalized spacial score (nSPS) is 11.7. The topological polar surface area (TPSA) is 71.4 Å². The summed E-state index contributed by atoms with van der Waals surface area (Å²) in [6, 6.07) is 8.48. The van der Waals surface area contributed by atoms with Gasteiger partial charge in [0.05, 0.1) is 11.1 Å². The highest BCUT2D eigenvalue weighted by molar-refractivity contribution is 7.89. The molecule has 5 nitrogen and oxygen atoms in total. The predicted molar refractivity (Wildman–Crippen MR) is 78.1 cm³/mol. The van der Waals surface area contributed by atoms with Gasteiger partial charge in [0.25, 0.3) is 10.0 Å². The molecule has 0 aliphatic heterocycles. The maximum absolute atomic E-state index is 12.0. The Morgan fingerprint density at radius 1 is 1.20 bits per heavy atom. The van der Waals surface area contributed by atoms with Crippen LogP contribution in [-0.4, -0.2) is 19.6 Å². The Bertz CT molecular complexity index is 725. The molecule has 0 fully saturated rings. The summed E-state index contributed by atoms with van der Waals surface area (Å²) < 4.78 is 24.1. The molecule has 1 aromatic carbocycles. The monoisotopic (exact) mass is 289 g/mol. The molecule has 0 radical (unpaired) electrons. The van der Waals surface area contributed by atoms with Gasteiger partial charge in [0.2, 0.25) is 0 Å². The number of benzene rings is 1. The summed E-state index contributed by atoms with van der Waals surface area (Å²) in [5.74, 6) is 0. The van der Waals surface area contributed by atoms with E-state index in [1.54, 1.807) is 42.7 Å². The highest BCUT2D eigenvalue weighted by Crippen LogP contribution is 2.14. The van der Waals surface area contributed by atoms with Crippen molar-refractivity contribution in [2.75, 3.05) is 0 Å². The van der Waals surface area contributed by atoms with Crippen LogP contribution in [0.25, 0.3) is 0 Å². The first-order valence-electron chi connectivity index (χ1n) is 6.01. The third-order valence-electron chi connectivity index (χ3n) is 2.86.